The topological polar surface area (TPSA) is 20.2 Å². The van der Waals surface area contributed by atoms with Crippen LogP contribution in [0.15, 0.2) is 0 Å². The minimum Gasteiger partial charge on any atom is -0.393 e. The van der Waals surface area contributed by atoms with Crippen molar-refractivity contribution < 1.29 is 5.11 Å². The van der Waals surface area contributed by atoms with Crippen molar-refractivity contribution in [1.29, 1.82) is 0 Å². The molecule has 0 spiro atoms. The Morgan fingerprint density at radius 1 is 0.923 bits per heavy atom. The summed E-state index contributed by atoms with van der Waals surface area (Å²) in [7, 11) is 0. The summed E-state index contributed by atoms with van der Waals surface area (Å²) in [5.41, 5.74) is 0. The summed E-state index contributed by atoms with van der Waals surface area (Å²) in [5.74, 6) is 4.70. The molecule has 0 radical (unpaired) electrons. The molecule has 0 aromatic rings. The third-order valence-corrected chi connectivity index (χ3v) is 5.07. The second-order valence-corrected chi connectivity index (χ2v) is 5.67. The molecule has 1 heteroatoms. The highest BCUT2D eigenvalue weighted by Gasteiger charge is 2.50. The van der Waals surface area contributed by atoms with Gasteiger partial charge in [-0.2, -0.15) is 0 Å². The van der Waals surface area contributed by atoms with Gasteiger partial charge in [-0.15, -0.1) is 0 Å². The van der Waals surface area contributed by atoms with Gasteiger partial charge in [0.2, 0.25) is 0 Å². The molecule has 0 aliphatic heterocycles. The van der Waals surface area contributed by atoms with Gasteiger partial charge in [-0.1, -0.05) is 6.92 Å². The zero-order chi connectivity index (χ0) is 9.00. The summed E-state index contributed by atoms with van der Waals surface area (Å²) >= 11 is 0. The fourth-order valence-corrected chi connectivity index (χ4v) is 4.59. The molecule has 0 saturated heterocycles. The molecule has 4 aliphatic rings. The van der Waals surface area contributed by atoms with Crippen LogP contribution in [0.2, 0.25) is 0 Å². The van der Waals surface area contributed by atoms with E-state index in [1.54, 1.807) is 0 Å². The van der Waals surface area contributed by atoms with Gasteiger partial charge in [0.15, 0.2) is 0 Å². The van der Waals surface area contributed by atoms with E-state index in [4.69, 9.17) is 0 Å². The Bertz CT molecular complexity index is 211. The molecule has 1 nitrogen and oxygen atoms in total. The first kappa shape index (κ1) is 8.28. The van der Waals surface area contributed by atoms with E-state index in [2.05, 4.69) is 6.92 Å². The minimum atomic E-state index is 0.0448. The first-order valence-corrected chi connectivity index (χ1v) is 5.93. The van der Waals surface area contributed by atoms with E-state index in [0.717, 1.165) is 42.4 Å². The number of hydrogen-bond donors (Lipinski definition) is 1. The summed E-state index contributed by atoms with van der Waals surface area (Å²) < 4.78 is 0. The second kappa shape index (κ2) is 2.73. The summed E-state index contributed by atoms with van der Waals surface area (Å²) in [4.78, 5) is 0. The van der Waals surface area contributed by atoms with Crippen LogP contribution in [0.5, 0.6) is 0 Å². The summed E-state index contributed by atoms with van der Waals surface area (Å²) in [6.45, 7) is 2.43. The van der Waals surface area contributed by atoms with Gasteiger partial charge in [0.05, 0.1) is 6.10 Å². The van der Waals surface area contributed by atoms with Gasteiger partial charge in [-0.25, -0.2) is 0 Å². The molecule has 6 atom stereocenters. The van der Waals surface area contributed by atoms with Crippen molar-refractivity contribution >= 4 is 0 Å². The predicted molar refractivity (Wildman–Crippen MR) is 52.2 cm³/mol. The lowest BCUT2D eigenvalue weighted by Gasteiger charge is -2.49. The first-order chi connectivity index (χ1) is 6.25. The van der Waals surface area contributed by atoms with Crippen LogP contribution in [0.25, 0.3) is 0 Å². The molecule has 0 amide bonds. The standard InChI is InChI=1S/C12H20O/c1-7-4-8-2-3-10(7)12-6-9(13)5-11(8)12/h7-13H,2-6H2,1H3. The SMILES string of the molecule is CC1CC2CCC1C1CC(O)CC21. The van der Waals surface area contributed by atoms with E-state index in [9.17, 15) is 5.11 Å². The molecule has 13 heavy (non-hydrogen) atoms. The molecular formula is C12H20O. The molecule has 74 valence electrons. The lowest BCUT2D eigenvalue weighted by Crippen LogP contribution is -2.41. The average molecular weight is 180 g/mol. The Morgan fingerprint density at radius 2 is 1.69 bits per heavy atom. The lowest BCUT2D eigenvalue weighted by molar-refractivity contribution is 0.00105. The molecule has 6 unspecified atom stereocenters. The molecule has 0 aromatic carbocycles. The highest BCUT2D eigenvalue weighted by Crippen LogP contribution is 2.57. The average Bonchev–Trinajstić information content (AvgIpc) is 2.47. The molecule has 4 aliphatic carbocycles. The van der Waals surface area contributed by atoms with E-state index in [1.165, 1.54) is 19.3 Å². The van der Waals surface area contributed by atoms with Crippen molar-refractivity contribution in [3.63, 3.8) is 0 Å². The normalized spacial score (nSPS) is 59.5. The summed E-state index contributed by atoms with van der Waals surface area (Å²) in [6, 6.07) is 0. The van der Waals surface area contributed by atoms with Gasteiger partial charge in [0.1, 0.15) is 0 Å². The lowest BCUT2D eigenvalue weighted by atomic mass is 9.56. The minimum absolute atomic E-state index is 0.0448. The van der Waals surface area contributed by atoms with E-state index < -0.39 is 0 Å². The van der Waals surface area contributed by atoms with E-state index >= 15 is 0 Å². The summed E-state index contributed by atoms with van der Waals surface area (Å²) in [6.07, 6.45) is 6.67. The van der Waals surface area contributed by atoms with Crippen molar-refractivity contribution in [2.45, 2.75) is 45.1 Å². The van der Waals surface area contributed by atoms with Gasteiger partial charge < -0.3 is 5.11 Å². The van der Waals surface area contributed by atoms with Crippen LogP contribution < -0.4 is 0 Å². The fourth-order valence-electron chi connectivity index (χ4n) is 4.59. The van der Waals surface area contributed by atoms with Crippen molar-refractivity contribution in [3.05, 3.63) is 0 Å². The number of rotatable bonds is 0. The maximum atomic E-state index is 9.71. The monoisotopic (exact) mass is 180 g/mol. The van der Waals surface area contributed by atoms with Crippen molar-refractivity contribution in [3.8, 4) is 0 Å². The smallest absolute Gasteiger partial charge is 0.0546 e. The molecule has 0 aromatic heterocycles. The third-order valence-electron chi connectivity index (χ3n) is 5.07. The van der Waals surface area contributed by atoms with Crippen LogP contribution >= 0.6 is 0 Å². The largest absolute Gasteiger partial charge is 0.393 e. The van der Waals surface area contributed by atoms with Crippen LogP contribution in [0, 0.1) is 29.6 Å². The van der Waals surface area contributed by atoms with E-state index in [0.29, 0.717) is 0 Å². The van der Waals surface area contributed by atoms with Gasteiger partial charge in [-0.05, 0) is 61.7 Å². The quantitative estimate of drug-likeness (QED) is 0.607. The molecule has 0 heterocycles. The van der Waals surface area contributed by atoms with Crippen LogP contribution in [-0.4, -0.2) is 11.2 Å². The van der Waals surface area contributed by atoms with Crippen LogP contribution in [0.1, 0.15) is 39.0 Å². The summed E-state index contributed by atoms with van der Waals surface area (Å²) in [5, 5.41) is 9.71. The third kappa shape index (κ3) is 1.09. The Labute approximate surface area is 80.5 Å². The molecule has 4 fully saturated rings. The molecule has 2 bridgehead atoms. The maximum absolute atomic E-state index is 9.71. The number of fused-ring (bicyclic) bond motifs is 2. The van der Waals surface area contributed by atoms with Gasteiger partial charge in [0, 0.05) is 0 Å². The van der Waals surface area contributed by atoms with Gasteiger partial charge in [-0.3, -0.25) is 0 Å². The van der Waals surface area contributed by atoms with Gasteiger partial charge in [0.25, 0.3) is 0 Å². The Morgan fingerprint density at radius 3 is 2.46 bits per heavy atom. The Balaban J connectivity index is 1.87. The number of hydrogen-bond acceptors (Lipinski definition) is 1. The zero-order valence-electron chi connectivity index (χ0n) is 8.45. The molecular weight excluding hydrogens is 160 g/mol. The number of aliphatic hydroxyl groups is 1. The maximum Gasteiger partial charge on any atom is 0.0546 e. The van der Waals surface area contributed by atoms with Crippen LogP contribution in [-0.2, 0) is 0 Å². The first-order valence-electron chi connectivity index (χ1n) is 5.93. The number of aliphatic hydroxyl groups excluding tert-OH is 1. The van der Waals surface area contributed by atoms with E-state index in [-0.39, 0.29) is 6.10 Å². The van der Waals surface area contributed by atoms with Crippen molar-refractivity contribution in [2.75, 3.05) is 0 Å². The zero-order valence-corrected chi connectivity index (χ0v) is 8.45. The molecule has 4 rings (SSSR count). The molecule has 1 N–H and O–H groups in total. The Kier molecular flexibility index (Phi) is 1.74. The van der Waals surface area contributed by atoms with Crippen molar-refractivity contribution in [1.82, 2.24) is 0 Å². The van der Waals surface area contributed by atoms with Crippen LogP contribution in [0.3, 0.4) is 0 Å². The molecule has 4 saturated carbocycles. The Hall–Kier alpha value is -0.0400. The predicted octanol–water partition coefficient (Wildman–Crippen LogP) is 2.44. The second-order valence-electron chi connectivity index (χ2n) is 5.67. The highest BCUT2D eigenvalue weighted by atomic mass is 16.3. The van der Waals surface area contributed by atoms with E-state index in [1.807, 2.05) is 0 Å². The fraction of sp³-hybridized carbons (Fsp3) is 1.00. The highest BCUT2D eigenvalue weighted by molar-refractivity contribution is 5.00. The van der Waals surface area contributed by atoms with Crippen LogP contribution in [0.4, 0.5) is 0 Å². The van der Waals surface area contributed by atoms with Gasteiger partial charge >= 0.3 is 0 Å². The van der Waals surface area contributed by atoms with Crippen molar-refractivity contribution in [2.24, 2.45) is 29.6 Å².